The van der Waals surface area contributed by atoms with E-state index in [2.05, 4.69) is 10.3 Å². The van der Waals surface area contributed by atoms with Crippen molar-refractivity contribution in [2.45, 2.75) is 19.7 Å². The maximum absolute atomic E-state index is 12.8. The molecule has 0 saturated carbocycles. The molecule has 1 aromatic carbocycles. The highest BCUT2D eigenvalue weighted by Crippen LogP contribution is 2.24. The lowest BCUT2D eigenvalue weighted by molar-refractivity contribution is 0.0895. The molecule has 0 fully saturated rings. The number of hydrogen-bond donors (Lipinski definition) is 4. The number of aromatic hydroxyl groups is 1. The first-order valence-electron chi connectivity index (χ1n) is 6.96. The zero-order chi connectivity index (χ0) is 16.8. The Hall–Kier alpha value is -2.35. The summed E-state index contributed by atoms with van der Waals surface area (Å²) >= 11 is 0. The molecule has 0 amide bonds. The number of carbonyl (C=O) groups excluding carboxylic acids is 1. The van der Waals surface area contributed by atoms with Gasteiger partial charge in [0.1, 0.15) is 12.4 Å². The minimum absolute atomic E-state index is 0.184. The second-order valence-corrected chi connectivity index (χ2v) is 4.93. The van der Waals surface area contributed by atoms with E-state index < -0.39 is 24.7 Å². The van der Waals surface area contributed by atoms with Crippen molar-refractivity contribution < 1.29 is 24.5 Å². The molecule has 7 heteroatoms. The number of aliphatic hydroxyl groups is 2. The molecule has 0 aliphatic rings. The maximum Gasteiger partial charge on any atom is 0.210 e. The zero-order valence-corrected chi connectivity index (χ0v) is 12.3. The van der Waals surface area contributed by atoms with E-state index in [9.17, 15) is 19.4 Å². The minimum atomic E-state index is -0.770. The molecule has 0 aliphatic heterocycles. The Kier molecular flexibility index (Phi) is 5.75. The molecule has 0 atom stereocenters. The van der Waals surface area contributed by atoms with Gasteiger partial charge in [0.25, 0.3) is 0 Å². The third-order valence-corrected chi connectivity index (χ3v) is 3.37. The summed E-state index contributed by atoms with van der Waals surface area (Å²) in [5.41, 5.74) is 1.32. The molecule has 4 N–H and O–H groups in total. The van der Waals surface area contributed by atoms with E-state index in [0.717, 1.165) is 5.56 Å². The number of carbonyl (C=O) groups is 1. The summed E-state index contributed by atoms with van der Waals surface area (Å²) in [6.07, 6.45) is 1.37. The van der Waals surface area contributed by atoms with Crippen LogP contribution in [0.5, 0.6) is 5.75 Å². The fourth-order valence-corrected chi connectivity index (χ4v) is 2.13. The van der Waals surface area contributed by atoms with E-state index in [1.165, 1.54) is 18.3 Å². The maximum atomic E-state index is 12.8. The molecule has 0 aliphatic carbocycles. The molecule has 122 valence electrons. The highest BCUT2D eigenvalue weighted by atomic mass is 19.1. The predicted octanol–water partition coefficient (Wildman–Crippen LogP) is 0.883. The smallest absolute Gasteiger partial charge is 0.210 e. The number of Topliss-reactive ketones (excluding diaryl/α,β-unsaturated/α-hetero) is 1. The Morgan fingerprint density at radius 2 is 1.87 bits per heavy atom. The first-order valence-corrected chi connectivity index (χ1v) is 6.96. The third kappa shape index (κ3) is 4.10. The summed E-state index contributed by atoms with van der Waals surface area (Å²) in [5, 5.41) is 31.3. The van der Waals surface area contributed by atoms with E-state index in [1.54, 1.807) is 12.1 Å². The fraction of sp³-hybridized carbons (Fsp3) is 0.250. The number of nitrogens with zero attached hydrogens (tertiary/aromatic N) is 1. The van der Waals surface area contributed by atoms with Crippen LogP contribution in [0.4, 0.5) is 4.39 Å². The number of aliphatic hydroxyl groups excluding tert-OH is 2. The van der Waals surface area contributed by atoms with Crippen LogP contribution in [0.15, 0.2) is 30.5 Å². The van der Waals surface area contributed by atoms with Crippen LogP contribution >= 0.6 is 0 Å². The summed E-state index contributed by atoms with van der Waals surface area (Å²) in [5.74, 6) is -1.45. The summed E-state index contributed by atoms with van der Waals surface area (Å²) < 4.78 is 12.8. The van der Waals surface area contributed by atoms with Crippen LogP contribution < -0.4 is 5.32 Å². The van der Waals surface area contributed by atoms with Gasteiger partial charge in [-0.05, 0) is 23.3 Å². The molecule has 1 aromatic heterocycles. The molecule has 0 radical (unpaired) electrons. The van der Waals surface area contributed by atoms with Gasteiger partial charge in [-0.1, -0.05) is 12.1 Å². The Balaban J connectivity index is 2.09. The normalized spacial score (nSPS) is 10.7. The molecule has 2 rings (SSSR count). The number of rotatable bonds is 7. The molecule has 0 unspecified atom stereocenters. The average Bonchev–Trinajstić information content (AvgIpc) is 2.56. The Bertz CT molecular complexity index is 689. The lowest BCUT2D eigenvalue weighted by atomic mass is 10.1. The van der Waals surface area contributed by atoms with Crippen molar-refractivity contribution in [3.05, 3.63) is 58.7 Å². The fourth-order valence-electron chi connectivity index (χ4n) is 2.13. The van der Waals surface area contributed by atoms with Crippen molar-refractivity contribution in [3.8, 4) is 5.75 Å². The van der Waals surface area contributed by atoms with Crippen LogP contribution in [0.2, 0.25) is 0 Å². The van der Waals surface area contributed by atoms with Gasteiger partial charge in [0.05, 0.1) is 6.61 Å². The number of aromatic nitrogens is 1. The quantitative estimate of drug-likeness (QED) is 0.565. The largest absolute Gasteiger partial charge is 0.505 e. The summed E-state index contributed by atoms with van der Waals surface area (Å²) in [6, 6.07) is 6.01. The van der Waals surface area contributed by atoms with Crippen LogP contribution in [-0.4, -0.2) is 32.7 Å². The van der Waals surface area contributed by atoms with Gasteiger partial charge in [0.15, 0.2) is 11.4 Å². The van der Waals surface area contributed by atoms with E-state index >= 15 is 0 Å². The molecule has 2 aromatic rings. The first kappa shape index (κ1) is 17.0. The first-order chi connectivity index (χ1) is 11.1. The SMILES string of the molecule is O=C(CO)c1ncc(CNCc2ccc(F)cc2)c(CO)c1O. The minimum Gasteiger partial charge on any atom is -0.505 e. The van der Waals surface area contributed by atoms with Crippen LogP contribution in [0.25, 0.3) is 0 Å². The van der Waals surface area contributed by atoms with Crippen molar-refractivity contribution >= 4 is 5.78 Å². The molecule has 0 spiro atoms. The predicted molar refractivity (Wildman–Crippen MR) is 80.2 cm³/mol. The molecule has 0 bridgehead atoms. The van der Waals surface area contributed by atoms with Crippen molar-refractivity contribution in [2.75, 3.05) is 6.61 Å². The van der Waals surface area contributed by atoms with Gasteiger partial charge in [0, 0.05) is 24.8 Å². The second kappa shape index (κ2) is 7.77. The van der Waals surface area contributed by atoms with Crippen molar-refractivity contribution in [3.63, 3.8) is 0 Å². The van der Waals surface area contributed by atoms with Gasteiger partial charge in [0.2, 0.25) is 5.78 Å². The lowest BCUT2D eigenvalue weighted by Gasteiger charge is -2.12. The van der Waals surface area contributed by atoms with Crippen LogP contribution in [0.1, 0.15) is 27.2 Å². The molecule has 6 nitrogen and oxygen atoms in total. The van der Waals surface area contributed by atoms with Crippen LogP contribution in [0.3, 0.4) is 0 Å². The summed E-state index contributed by atoms with van der Waals surface area (Å²) in [4.78, 5) is 15.3. The van der Waals surface area contributed by atoms with Gasteiger partial charge < -0.3 is 20.6 Å². The average molecular weight is 320 g/mol. The number of nitrogens with one attached hydrogen (secondary N) is 1. The molecule has 0 saturated heterocycles. The van der Waals surface area contributed by atoms with Gasteiger partial charge in [-0.2, -0.15) is 0 Å². The van der Waals surface area contributed by atoms with Crippen molar-refractivity contribution in [1.29, 1.82) is 0 Å². The molecule has 23 heavy (non-hydrogen) atoms. The molecular formula is C16H17FN2O4. The molecule has 1 heterocycles. The lowest BCUT2D eigenvalue weighted by Crippen LogP contribution is -2.16. The zero-order valence-electron chi connectivity index (χ0n) is 12.3. The standard InChI is InChI=1S/C16H17FN2O4/c17-12-3-1-10(2-4-12)5-18-6-11-7-19-15(14(22)9-21)16(23)13(11)8-20/h1-4,7,18,20-21,23H,5-6,8-9H2. The number of ketones is 1. The van der Waals surface area contributed by atoms with Crippen molar-refractivity contribution in [1.82, 2.24) is 10.3 Å². The monoisotopic (exact) mass is 320 g/mol. The Morgan fingerprint density at radius 1 is 1.17 bits per heavy atom. The van der Waals surface area contributed by atoms with Gasteiger partial charge >= 0.3 is 0 Å². The van der Waals surface area contributed by atoms with Crippen LogP contribution in [-0.2, 0) is 19.7 Å². The number of pyridine rings is 1. The number of hydrogen-bond acceptors (Lipinski definition) is 6. The van der Waals surface area contributed by atoms with Gasteiger partial charge in [-0.3, -0.25) is 4.79 Å². The topological polar surface area (TPSA) is 103 Å². The Labute approximate surface area is 132 Å². The Morgan fingerprint density at radius 3 is 2.48 bits per heavy atom. The third-order valence-electron chi connectivity index (χ3n) is 3.37. The van der Waals surface area contributed by atoms with Gasteiger partial charge in [-0.25, -0.2) is 9.37 Å². The van der Waals surface area contributed by atoms with Crippen LogP contribution in [0, 0.1) is 5.82 Å². The number of halogens is 1. The van der Waals surface area contributed by atoms with Gasteiger partial charge in [-0.15, -0.1) is 0 Å². The highest BCUT2D eigenvalue weighted by molar-refractivity contribution is 5.97. The summed E-state index contributed by atoms with van der Waals surface area (Å²) in [6.45, 7) is -0.480. The van der Waals surface area contributed by atoms with E-state index in [1.807, 2.05) is 0 Å². The summed E-state index contributed by atoms with van der Waals surface area (Å²) in [7, 11) is 0. The van der Waals surface area contributed by atoms with E-state index in [-0.39, 0.29) is 17.1 Å². The highest BCUT2D eigenvalue weighted by Gasteiger charge is 2.18. The number of benzene rings is 1. The second-order valence-electron chi connectivity index (χ2n) is 4.93. The van der Waals surface area contributed by atoms with E-state index in [4.69, 9.17) is 5.11 Å². The van der Waals surface area contributed by atoms with Crippen molar-refractivity contribution in [2.24, 2.45) is 0 Å². The molecular weight excluding hydrogens is 303 g/mol. The van der Waals surface area contributed by atoms with E-state index in [0.29, 0.717) is 18.7 Å².